The Hall–Kier alpha value is -5.49. The Morgan fingerprint density at radius 2 is 1.73 bits per heavy atom. The lowest BCUT2D eigenvalue weighted by Gasteiger charge is -2.34. The molecule has 7 rings (SSSR count). The van der Waals surface area contributed by atoms with E-state index < -0.39 is 10.8 Å². The zero-order valence-electron chi connectivity index (χ0n) is 26.4. The molecular formula is C36H33N5O6S. The maximum atomic E-state index is 13.4. The molecule has 3 aliphatic rings. The zero-order chi connectivity index (χ0) is 33.8. The van der Waals surface area contributed by atoms with E-state index in [1.54, 1.807) is 24.3 Å². The molecule has 1 aliphatic heterocycles. The number of Topliss-reactive ketones (excluding diaryl/α,β-unsaturated/α-hetero) is 1. The number of ether oxygens (including phenoxy) is 1. The number of benzene rings is 3. The highest BCUT2D eigenvalue weighted by Gasteiger charge is 2.38. The van der Waals surface area contributed by atoms with E-state index in [2.05, 4.69) is 20.2 Å². The number of nitro groups is 1. The number of esters is 1. The van der Waals surface area contributed by atoms with Crippen molar-refractivity contribution in [2.45, 2.75) is 51.9 Å². The van der Waals surface area contributed by atoms with Gasteiger partial charge < -0.3 is 15.4 Å². The summed E-state index contributed by atoms with van der Waals surface area (Å²) in [6.45, 7) is 3.74. The van der Waals surface area contributed by atoms with Crippen LogP contribution in [0.5, 0.6) is 5.75 Å². The van der Waals surface area contributed by atoms with Crippen molar-refractivity contribution in [3.8, 4) is 17.0 Å². The van der Waals surface area contributed by atoms with Crippen LogP contribution in [0.4, 0.5) is 11.4 Å². The summed E-state index contributed by atoms with van der Waals surface area (Å²) in [5.74, 6) is -0.272. The summed E-state index contributed by atoms with van der Waals surface area (Å²) in [5, 5.41) is 23.2. The van der Waals surface area contributed by atoms with E-state index in [4.69, 9.17) is 4.74 Å². The van der Waals surface area contributed by atoms with Crippen molar-refractivity contribution in [2.24, 2.45) is 5.92 Å². The molecule has 11 nitrogen and oxygen atoms in total. The van der Waals surface area contributed by atoms with Crippen molar-refractivity contribution in [1.29, 1.82) is 0 Å². The molecule has 0 spiro atoms. The Labute approximate surface area is 281 Å². The van der Waals surface area contributed by atoms with Crippen molar-refractivity contribution in [2.75, 3.05) is 5.32 Å². The fraction of sp³-hybridized carbons (Fsp3) is 0.250. The monoisotopic (exact) mass is 663 g/mol. The summed E-state index contributed by atoms with van der Waals surface area (Å²) in [4.78, 5) is 48.4. The quantitative estimate of drug-likeness (QED) is 0.0918. The number of nitrogens with zero attached hydrogens (tertiary/aromatic N) is 3. The fourth-order valence-corrected chi connectivity index (χ4v) is 6.28. The second-order valence-corrected chi connectivity index (χ2v) is 12.5. The van der Waals surface area contributed by atoms with E-state index >= 15 is 0 Å². The number of para-hydroxylation sites is 1. The SMILES string of the molecule is CC1=C(C(=O)Nc2ccccc2C)C(c2ccc([N+](=O)[O-])cc2)C2=C(CCCC2=O)N1.O=C(Oc1ccc(-c2csnn2)cc1)C1CC1. The third kappa shape index (κ3) is 7.23. The number of anilines is 1. The largest absolute Gasteiger partial charge is 0.426 e. The third-order valence-electron chi connectivity index (χ3n) is 8.49. The smallest absolute Gasteiger partial charge is 0.314 e. The lowest BCUT2D eigenvalue weighted by molar-refractivity contribution is -0.384. The van der Waals surface area contributed by atoms with Gasteiger partial charge in [0.05, 0.1) is 10.8 Å². The summed E-state index contributed by atoms with van der Waals surface area (Å²) in [6, 6.07) is 20.9. The number of aryl methyl sites for hydroxylation is 1. The number of hydrogen-bond acceptors (Lipinski definition) is 10. The van der Waals surface area contributed by atoms with Crippen LogP contribution in [-0.2, 0) is 14.4 Å². The zero-order valence-corrected chi connectivity index (χ0v) is 27.2. The second kappa shape index (κ2) is 14.1. The minimum Gasteiger partial charge on any atom is -0.426 e. The molecular weight excluding hydrogens is 630 g/mol. The lowest BCUT2D eigenvalue weighted by Crippen LogP contribution is -2.35. The first-order valence-electron chi connectivity index (χ1n) is 15.6. The molecule has 12 heteroatoms. The average Bonchev–Trinajstić information content (AvgIpc) is 3.80. The number of non-ortho nitro benzene ring substituents is 1. The van der Waals surface area contributed by atoms with Gasteiger partial charge in [-0.15, -0.1) is 5.10 Å². The van der Waals surface area contributed by atoms with Gasteiger partial charge in [0.15, 0.2) is 5.78 Å². The van der Waals surface area contributed by atoms with Crippen LogP contribution in [-0.4, -0.2) is 32.2 Å². The summed E-state index contributed by atoms with van der Waals surface area (Å²) in [5.41, 5.74) is 6.65. The van der Waals surface area contributed by atoms with Gasteiger partial charge in [-0.2, -0.15) is 0 Å². The van der Waals surface area contributed by atoms with Gasteiger partial charge >= 0.3 is 5.97 Å². The molecule has 1 amide bonds. The Balaban J connectivity index is 0.000000198. The number of aromatic nitrogens is 2. The third-order valence-corrected chi connectivity index (χ3v) is 8.99. The van der Waals surface area contributed by atoms with Crippen LogP contribution < -0.4 is 15.4 Å². The average molecular weight is 664 g/mol. The molecule has 48 heavy (non-hydrogen) atoms. The van der Waals surface area contributed by atoms with Gasteiger partial charge in [0.25, 0.3) is 11.6 Å². The number of ketones is 1. The van der Waals surface area contributed by atoms with Gasteiger partial charge in [-0.3, -0.25) is 24.5 Å². The fourth-order valence-electron chi connectivity index (χ4n) is 5.81. The van der Waals surface area contributed by atoms with Crippen LogP contribution >= 0.6 is 11.5 Å². The molecule has 0 bridgehead atoms. The van der Waals surface area contributed by atoms with Crippen LogP contribution in [0.2, 0.25) is 0 Å². The highest BCUT2D eigenvalue weighted by atomic mass is 32.1. The lowest BCUT2D eigenvalue weighted by atomic mass is 9.75. The van der Waals surface area contributed by atoms with Gasteiger partial charge in [0.2, 0.25) is 0 Å². The summed E-state index contributed by atoms with van der Waals surface area (Å²) in [7, 11) is 0. The van der Waals surface area contributed by atoms with Crippen molar-refractivity contribution in [1.82, 2.24) is 14.9 Å². The number of rotatable bonds is 7. The molecule has 3 aromatic carbocycles. The van der Waals surface area contributed by atoms with Crippen LogP contribution in [0.15, 0.2) is 101 Å². The van der Waals surface area contributed by atoms with Gasteiger partial charge in [-0.1, -0.05) is 34.8 Å². The van der Waals surface area contributed by atoms with E-state index in [0.29, 0.717) is 40.3 Å². The van der Waals surface area contributed by atoms with E-state index in [9.17, 15) is 24.5 Å². The molecule has 1 aromatic heterocycles. The number of nitrogens with one attached hydrogen (secondary N) is 2. The van der Waals surface area contributed by atoms with Crippen molar-refractivity contribution in [3.63, 3.8) is 0 Å². The molecule has 0 radical (unpaired) electrons. The minimum absolute atomic E-state index is 0.00537. The molecule has 2 aliphatic carbocycles. The Morgan fingerprint density at radius 3 is 2.38 bits per heavy atom. The molecule has 0 saturated heterocycles. The predicted molar refractivity (Wildman–Crippen MR) is 181 cm³/mol. The maximum absolute atomic E-state index is 13.4. The van der Waals surface area contributed by atoms with Crippen molar-refractivity contribution in [3.05, 3.63) is 122 Å². The van der Waals surface area contributed by atoms with E-state index in [1.807, 2.05) is 55.6 Å². The first-order chi connectivity index (χ1) is 23.2. The van der Waals surface area contributed by atoms with Gasteiger partial charge in [-0.25, -0.2) is 0 Å². The Bertz CT molecular complexity index is 1930. The maximum Gasteiger partial charge on any atom is 0.314 e. The Kier molecular flexibility index (Phi) is 9.53. The van der Waals surface area contributed by atoms with Gasteiger partial charge in [0.1, 0.15) is 11.4 Å². The number of hydrogen-bond donors (Lipinski definition) is 2. The Morgan fingerprint density at radius 1 is 1.00 bits per heavy atom. The normalized spacial score (nSPS) is 17.0. The van der Waals surface area contributed by atoms with Crippen molar-refractivity contribution >= 4 is 40.6 Å². The molecule has 2 heterocycles. The number of allylic oxidation sites excluding steroid dienone is 3. The summed E-state index contributed by atoms with van der Waals surface area (Å²) < 4.78 is 9.05. The first kappa shape index (κ1) is 32.5. The minimum atomic E-state index is -0.575. The molecule has 244 valence electrons. The van der Waals surface area contributed by atoms with Crippen molar-refractivity contribution < 1.29 is 24.0 Å². The van der Waals surface area contributed by atoms with E-state index in [1.165, 1.54) is 23.7 Å². The van der Waals surface area contributed by atoms with E-state index in [0.717, 1.165) is 48.2 Å². The summed E-state index contributed by atoms with van der Waals surface area (Å²) in [6.07, 6.45) is 3.84. The van der Waals surface area contributed by atoms with Gasteiger partial charge in [0, 0.05) is 63.6 Å². The topological polar surface area (TPSA) is 153 Å². The standard InChI is InChI=1S/C24H23N3O4.C12H10N2O2S/c1-14-6-3-4-7-18(14)26-24(29)21-15(2)25-19-8-5-9-20(28)23(19)22(21)16-10-12-17(13-11-16)27(30)31;15-12(9-1-2-9)16-10-5-3-8(4-6-10)11-7-17-14-13-11/h3-4,6-7,10-13,22,25H,5,8-9H2,1-2H3,(H,26,29);3-7,9H,1-2H2. The molecule has 1 saturated carbocycles. The predicted octanol–water partition coefficient (Wildman–Crippen LogP) is 7.03. The van der Waals surface area contributed by atoms with E-state index in [-0.39, 0.29) is 29.3 Å². The highest BCUT2D eigenvalue weighted by molar-refractivity contribution is 7.03. The summed E-state index contributed by atoms with van der Waals surface area (Å²) >= 11 is 1.31. The van der Waals surface area contributed by atoms with Crippen LogP contribution in [0.25, 0.3) is 11.3 Å². The highest BCUT2D eigenvalue weighted by Crippen LogP contribution is 2.43. The first-order valence-corrected chi connectivity index (χ1v) is 16.5. The second-order valence-electron chi connectivity index (χ2n) is 11.9. The van der Waals surface area contributed by atoms with Crippen LogP contribution in [0, 0.1) is 23.0 Å². The van der Waals surface area contributed by atoms with Gasteiger partial charge in [-0.05, 0) is 92.5 Å². The number of nitro benzene ring substituents is 1. The number of dihydropyridines is 1. The van der Waals surface area contributed by atoms with Crippen LogP contribution in [0.1, 0.15) is 56.1 Å². The molecule has 4 aromatic rings. The number of carbonyl (C=O) groups excluding carboxylic acids is 3. The number of amides is 1. The molecule has 1 fully saturated rings. The molecule has 1 atom stereocenters. The molecule has 2 N–H and O–H groups in total. The van der Waals surface area contributed by atoms with Crippen LogP contribution in [0.3, 0.4) is 0 Å². The molecule has 1 unspecified atom stereocenters. The number of carbonyl (C=O) groups is 3.